The molecule has 0 spiro atoms. The smallest absolute Gasteiger partial charge is 0.197 e. The van der Waals surface area contributed by atoms with Gasteiger partial charge in [-0.2, -0.15) is 0 Å². The standard InChI is InChI=1S/C11H10ClIN4/c1-17-5-4-14-11(17)10-15-8(6-2-3-6)7(13)9(12)16-10/h4-6H,2-3H2,1H3. The van der Waals surface area contributed by atoms with Crippen LogP contribution in [0.25, 0.3) is 11.6 Å². The third-order valence-electron chi connectivity index (χ3n) is 2.82. The van der Waals surface area contributed by atoms with Crippen molar-refractivity contribution >= 4 is 34.2 Å². The SMILES string of the molecule is Cn1ccnc1-c1nc(Cl)c(I)c(C2CC2)n1. The van der Waals surface area contributed by atoms with Crippen LogP contribution < -0.4 is 0 Å². The quantitative estimate of drug-likeness (QED) is 0.611. The lowest BCUT2D eigenvalue weighted by atomic mass is 10.3. The van der Waals surface area contributed by atoms with E-state index in [-0.39, 0.29) is 0 Å². The number of aromatic nitrogens is 4. The Kier molecular flexibility index (Phi) is 2.82. The van der Waals surface area contributed by atoms with E-state index in [1.54, 1.807) is 6.20 Å². The molecule has 4 nitrogen and oxygen atoms in total. The molecule has 2 aromatic rings. The Bertz CT molecular complexity index is 577. The average molecular weight is 361 g/mol. The molecule has 17 heavy (non-hydrogen) atoms. The molecule has 0 aliphatic heterocycles. The van der Waals surface area contributed by atoms with E-state index in [1.165, 1.54) is 12.8 Å². The van der Waals surface area contributed by atoms with E-state index in [0.717, 1.165) is 15.1 Å². The summed E-state index contributed by atoms with van der Waals surface area (Å²) in [7, 11) is 1.92. The maximum absolute atomic E-state index is 6.16. The fraction of sp³-hybridized carbons (Fsp3) is 0.364. The van der Waals surface area contributed by atoms with Crippen LogP contribution in [-0.4, -0.2) is 19.5 Å². The van der Waals surface area contributed by atoms with E-state index in [1.807, 2.05) is 17.8 Å². The van der Waals surface area contributed by atoms with Crippen LogP contribution in [0.2, 0.25) is 5.15 Å². The molecule has 88 valence electrons. The third-order valence-corrected chi connectivity index (χ3v) is 4.48. The van der Waals surface area contributed by atoms with Gasteiger partial charge in [0.1, 0.15) is 5.15 Å². The molecule has 1 aliphatic carbocycles. The summed E-state index contributed by atoms with van der Waals surface area (Å²) >= 11 is 8.38. The minimum absolute atomic E-state index is 0.528. The second-order valence-corrected chi connectivity index (χ2v) is 5.61. The Hall–Kier alpha value is -0.690. The van der Waals surface area contributed by atoms with Crippen LogP contribution in [-0.2, 0) is 7.05 Å². The van der Waals surface area contributed by atoms with Gasteiger partial charge in [0, 0.05) is 25.4 Å². The van der Waals surface area contributed by atoms with Crippen LogP contribution in [0.3, 0.4) is 0 Å². The van der Waals surface area contributed by atoms with E-state index in [9.17, 15) is 0 Å². The number of imidazole rings is 1. The summed E-state index contributed by atoms with van der Waals surface area (Å²) in [5, 5.41) is 0.528. The third kappa shape index (κ3) is 2.06. The summed E-state index contributed by atoms with van der Waals surface area (Å²) in [4.78, 5) is 13.2. The molecule has 0 amide bonds. The Morgan fingerprint density at radius 3 is 2.76 bits per heavy atom. The van der Waals surface area contributed by atoms with Gasteiger partial charge >= 0.3 is 0 Å². The lowest BCUT2D eigenvalue weighted by Crippen LogP contribution is -2.02. The molecule has 1 fully saturated rings. The van der Waals surface area contributed by atoms with Crippen molar-refractivity contribution in [3.63, 3.8) is 0 Å². The Morgan fingerprint density at radius 2 is 2.18 bits per heavy atom. The van der Waals surface area contributed by atoms with Gasteiger partial charge < -0.3 is 4.57 Å². The maximum Gasteiger partial charge on any atom is 0.197 e. The van der Waals surface area contributed by atoms with Crippen LogP contribution in [0.1, 0.15) is 24.5 Å². The molecule has 0 atom stereocenters. The topological polar surface area (TPSA) is 43.6 Å². The van der Waals surface area contributed by atoms with Crippen molar-refractivity contribution in [3.8, 4) is 11.6 Å². The first kappa shape index (κ1) is 11.4. The summed E-state index contributed by atoms with van der Waals surface area (Å²) < 4.78 is 2.87. The van der Waals surface area contributed by atoms with Crippen molar-refractivity contribution in [1.82, 2.24) is 19.5 Å². The highest BCUT2D eigenvalue weighted by atomic mass is 127. The van der Waals surface area contributed by atoms with Crippen molar-refractivity contribution in [2.45, 2.75) is 18.8 Å². The Balaban J connectivity index is 2.15. The summed E-state index contributed by atoms with van der Waals surface area (Å²) in [5.41, 5.74) is 1.07. The highest BCUT2D eigenvalue weighted by Gasteiger charge is 2.29. The van der Waals surface area contributed by atoms with Crippen molar-refractivity contribution in [3.05, 3.63) is 26.8 Å². The van der Waals surface area contributed by atoms with Gasteiger partial charge in [0.2, 0.25) is 0 Å². The van der Waals surface area contributed by atoms with Crippen LogP contribution in [0.4, 0.5) is 0 Å². The molecule has 0 N–H and O–H groups in total. The predicted octanol–water partition coefficient (Wildman–Crippen LogP) is 3.01. The van der Waals surface area contributed by atoms with Crippen molar-refractivity contribution in [1.29, 1.82) is 0 Å². The zero-order chi connectivity index (χ0) is 12.0. The van der Waals surface area contributed by atoms with E-state index < -0.39 is 0 Å². The van der Waals surface area contributed by atoms with E-state index in [4.69, 9.17) is 11.6 Å². The molecule has 6 heteroatoms. The molecule has 0 unspecified atom stereocenters. The number of hydrogen-bond donors (Lipinski definition) is 0. The number of nitrogens with zero attached hydrogens (tertiary/aromatic N) is 4. The summed E-state index contributed by atoms with van der Waals surface area (Å²) in [6, 6.07) is 0. The van der Waals surface area contributed by atoms with Gasteiger partial charge in [0.15, 0.2) is 11.6 Å². The normalized spacial score (nSPS) is 15.2. The van der Waals surface area contributed by atoms with Crippen LogP contribution >= 0.6 is 34.2 Å². The van der Waals surface area contributed by atoms with Gasteiger partial charge in [-0.3, -0.25) is 0 Å². The molecule has 1 aliphatic rings. The highest BCUT2D eigenvalue weighted by molar-refractivity contribution is 14.1. The van der Waals surface area contributed by atoms with Gasteiger partial charge in [-0.1, -0.05) is 11.6 Å². The minimum atomic E-state index is 0.528. The fourth-order valence-electron chi connectivity index (χ4n) is 1.74. The van der Waals surface area contributed by atoms with Crippen LogP contribution in [0, 0.1) is 3.57 Å². The molecule has 0 bridgehead atoms. The fourth-order valence-corrected chi connectivity index (χ4v) is 2.60. The van der Waals surface area contributed by atoms with E-state index in [0.29, 0.717) is 16.9 Å². The number of aryl methyl sites for hydroxylation is 1. The predicted molar refractivity (Wildman–Crippen MR) is 73.9 cm³/mol. The Labute approximate surface area is 118 Å². The lowest BCUT2D eigenvalue weighted by molar-refractivity contribution is 0.890. The lowest BCUT2D eigenvalue weighted by Gasteiger charge is -2.07. The molecule has 0 saturated heterocycles. The van der Waals surface area contributed by atoms with Crippen molar-refractivity contribution in [2.75, 3.05) is 0 Å². The average Bonchev–Trinajstić information content (AvgIpc) is 3.05. The van der Waals surface area contributed by atoms with Crippen LogP contribution in [0.15, 0.2) is 12.4 Å². The zero-order valence-electron chi connectivity index (χ0n) is 9.19. The monoisotopic (exact) mass is 360 g/mol. The molecule has 1 saturated carbocycles. The van der Waals surface area contributed by atoms with E-state index in [2.05, 4.69) is 37.5 Å². The first-order valence-corrected chi connectivity index (χ1v) is 6.83. The second kappa shape index (κ2) is 4.20. The summed E-state index contributed by atoms with van der Waals surface area (Å²) in [5.74, 6) is 1.93. The molecule has 0 radical (unpaired) electrons. The first-order chi connectivity index (χ1) is 8.16. The largest absolute Gasteiger partial charge is 0.331 e. The highest BCUT2D eigenvalue weighted by Crippen LogP contribution is 2.42. The minimum Gasteiger partial charge on any atom is -0.331 e. The Morgan fingerprint density at radius 1 is 1.41 bits per heavy atom. The van der Waals surface area contributed by atoms with Gasteiger partial charge in [0.25, 0.3) is 0 Å². The van der Waals surface area contributed by atoms with Gasteiger partial charge in [0.05, 0.1) is 9.26 Å². The molecule has 2 heterocycles. The molecular formula is C11H10ClIN4. The zero-order valence-corrected chi connectivity index (χ0v) is 12.1. The van der Waals surface area contributed by atoms with Gasteiger partial charge in [-0.05, 0) is 35.4 Å². The summed E-state index contributed by atoms with van der Waals surface area (Å²) in [6.45, 7) is 0. The maximum atomic E-state index is 6.16. The van der Waals surface area contributed by atoms with Gasteiger partial charge in [-0.15, -0.1) is 0 Å². The summed E-state index contributed by atoms with van der Waals surface area (Å²) in [6.07, 6.45) is 6.01. The molecule has 2 aromatic heterocycles. The molecule has 0 aromatic carbocycles. The van der Waals surface area contributed by atoms with Crippen molar-refractivity contribution in [2.24, 2.45) is 7.05 Å². The molecule has 3 rings (SSSR count). The number of rotatable bonds is 2. The first-order valence-electron chi connectivity index (χ1n) is 5.37. The second-order valence-electron chi connectivity index (χ2n) is 4.17. The number of halogens is 2. The van der Waals surface area contributed by atoms with E-state index >= 15 is 0 Å². The van der Waals surface area contributed by atoms with Gasteiger partial charge in [-0.25, -0.2) is 15.0 Å². The van der Waals surface area contributed by atoms with Crippen molar-refractivity contribution < 1.29 is 0 Å². The molecular weight excluding hydrogens is 351 g/mol. The van der Waals surface area contributed by atoms with Crippen LogP contribution in [0.5, 0.6) is 0 Å². The number of hydrogen-bond acceptors (Lipinski definition) is 3.